The van der Waals surface area contributed by atoms with Crippen LogP contribution in [0.2, 0.25) is 0 Å². The third-order valence-corrected chi connectivity index (χ3v) is 3.60. The smallest absolute Gasteiger partial charge is 0.254 e. The summed E-state index contributed by atoms with van der Waals surface area (Å²) in [5, 5.41) is 9.95. The first-order chi connectivity index (χ1) is 10.8. The van der Waals surface area contributed by atoms with Gasteiger partial charge in [-0.25, -0.2) is 13.8 Å². The molecule has 0 radical (unpaired) electrons. The number of aryl methyl sites for hydroxylation is 1. The van der Waals surface area contributed by atoms with Crippen LogP contribution in [0.1, 0.15) is 35.0 Å². The van der Waals surface area contributed by atoms with Gasteiger partial charge in [-0.2, -0.15) is 0 Å². The highest BCUT2D eigenvalue weighted by Crippen LogP contribution is 2.26. The molecule has 1 atom stereocenters. The lowest BCUT2D eigenvalue weighted by Crippen LogP contribution is -2.17. The Kier molecular flexibility index (Phi) is 5.32. The molecule has 124 valence electrons. The van der Waals surface area contributed by atoms with E-state index in [4.69, 9.17) is 14.9 Å². The zero-order chi connectivity index (χ0) is 17.1. The van der Waals surface area contributed by atoms with E-state index in [0.717, 1.165) is 12.1 Å². The summed E-state index contributed by atoms with van der Waals surface area (Å²) in [7, 11) is 0. The Morgan fingerprint density at radius 3 is 2.78 bits per heavy atom. The van der Waals surface area contributed by atoms with E-state index in [0.29, 0.717) is 16.8 Å². The highest BCUT2D eigenvalue weighted by Gasteiger charge is 2.22. The summed E-state index contributed by atoms with van der Waals surface area (Å²) in [6, 6.07) is 1.84. The summed E-state index contributed by atoms with van der Waals surface area (Å²) in [6.07, 6.45) is -0.681. The molecule has 2 aromatic rings. The summed E-state index contributed by atoms with van der Waals surface area (Å²) in [5.74, 6) is -4.00. The number of carbonyl (C=O) groups excluding carboxylic acids is 1. The standard InChI is InChI=1S/C14H13BrF2N2O4/c1-2-7-12(15)23-14(19-7)8(20)5-22-9-4-3-6(16)10(11(9)17)13(18)21/h3-4,8,20H,2,5H2,1H3,(H2,18,21). The maximum Gasteiger partial charge on any atom is 0.254 e. The summed E-state index contributed by atoms with van der Waals surface area (Å²) in [6.45, 7) is 1.45. The van der Waals surface area contributed by atoms with Crippen molar-refractivity contribution < 1.29 is 27.8 Å². The first kappa shape index (κ1) is 17.4. The third kappa shape index (κ3) is 3.67. The topological polar surface area (TPSA) is 98.6 Å². The summed E-state index contributed by atoms with van der Waals surface area (Å²) >= 11 is 3.15. The number of benzene rings is 1. The van der Waals surface area contributed by atoms with Crippen molar-refractivity contribution in [1.82, 2.24) is 4.98 Å². The average molecular weight is 391 g/mol. The van der Waals surface area contributed by atoms with Gasteiger partial charge in [0.15, 0.2) is 22.3 Å². The lowest BCUT2D eigenvalue weighted by Gasteiger charge is -2.11. The lowest BCUT2D eigenvalue weighted by molar-refractivity contribution is 0.0811. The molecule has 0 fully saturated rings. The van der Waals surface area contributed by atoms with E-state index in [1.54, 1.807) is 0 Å². The number of rotatable bonds is 6. The van der Waals surface area contributed by atoms with Crippen LogP contribution >= 0.6 is 15.9 Å². The minimum absolute atomic E-state index is 0.00799. The second-order valence-electron chi connectivity index (χ2n) is 4.55. The maximum absolute atomic E-state index is 14.0. The van der Waals surface area contributed by atoms with Gasteiger partial charge in [-0.05, 0) is 34.5 Å². The zero-order valence-electron chi connectivity index (χ0n) is 12.0. The molecule has 1 aromatic heterocycles. The van der Waals surface area contributed by atoms with Crippen LogP contribution in [0.3, 0.4) is 0 Å². The van der Waals surface area contributed by atoms with Gasteiger partial charge in [0, 0.05) is 0 Å². The van der Waals surface area contributed by atoms with Gasteiger partial charge >= 0.3 is 0 Å². The van der Waals surface area contributed by atoms with Gasteiger partial charge in [0.1, 0.15) is 18.0 Å². The Morgan fingerprint density at radius 2 is 2.22 bits per heavy atom. The molecular formula is C14H13BrF2N2O4. The number of nitrogens with two attached hydrogens (primary N) is 1. The van der Waals surface area contributed by atoms with Crippen LogP contribution in [-0.4, -0.2) is 22.6 Å². The average Bonchev–Trinajstić information content (AvgIpc) is 2.87. The van der Waals surface area contributed by atoms with Gasteiger partial charge in [-0.1, -0.05) is 6.92 Å². The number of oxazole rings is 1. The van der Waals surface area contributed by atoms with Crippen molar-refractivity contribution >= 4 is 21.8 Å². The molecule has 9 heteroatoms. The third-order valence-electron chi connectivity index (χ3n) is 2.98. The fourth-order valence-electron chi connectivity index (χ4n) is 1.82. The highest BCUT2D eigenvalue weighted by atomic mass is 79.9. The number of nitrogens with zero attached hydrogens (tertiary/aromatic N) is 1. The van der Waals surface area contributed by atoms with E-state index >= 15 is 0 Å². The molecule has 0 aliphatic heterocycles. The lowest BCUT2D eigenvalue weighted by atomic mass is 10.1. The molecule has 0 aliphatic carbocycles. The molecule has 1 aromatic carbocycles. The normalized spacial score (nSPS) is 12.2. The number of amides is 1. The van der Waals surface area contributed by atoms with Crippen LogP contribution in [-0.2, 0) is 6.42 Å². The van der Waals surface area contributed by atoms with Crippen LogP contribution in [0, 0.1) is 11.6 Å². The van der Waals surface area contributed by atoms with Crippen molar-refractivity contribution in [1.29, 1.82) is 0 Å². The van der Waals surface area contributed by atoms with E-state index in [1.807, 2.05) is 6.92 Å². The maximum atomic E-state index is 14.0. The predicted octanol–water partition coefficient (Wildman–Crippen LogP) is 2.49. The Bertz CT molecular complexity index is 736. The molecule has 6 nitrogen and oxygen atoms in total. The number of hydrogen-bond acceptors (Lipinski definition) is 5. The van der Waals surface area contributed by atoms with Gasteiger partial charge in [0.05, 0.1) is 5.69 Å². The van der Waals surface area contributed by atoms with Crippen molar-refractivity contribution in [3.05, 3.63) is 45.6 Å². The molecule has 23 heavy (non-hydrogen) atoms. The molecule has 0 spiro atoms. The van der Waals surface area contributed by atoms with Gasteiger partial charge in [0.25, 0.3) is 5.91 Å². The first-order valence-electron chi connectivity index (χ1n) is 6.58. The zero-order valence-corrected chi connectivity index (χ0v) is 13.6. The molecular weight excluding hydrogens is 378 g/mol. The van der Waals surface area contributed by atoms with Gasteiger partial charge in [-0.3, -0.25) is 4.79 Å². The van der Waals surface area contributed by atoms with Gasteiger partial charge in [0.2, 0.25) is 5.89 Å². The quantitative estimate of drug-likeness (QED) is 0.789. The van der Waals surface area contributed by atoms with Gasteiger partial charge in [-0.15, -0.1) is 0 Å². The number of primary amides is 1. The second kappa shape index (κ2) is 7.05. The Morgan fingerprint density at radius 1 is 1.52 bits per heavy atom. The minimum Gasteiger partial charge on any atom is -0.487 e. The number of ether oxygens (including phenoxy) is 1. The number of halogens is 3. The molecule has 1 amide bonds. The Balaban J connectivity index is 2.14. The van der Waals surface area contributed by atoms with Gasteiger partial charge < -0.3 is 20.0 Å². The number of carbonyl (C=O) groups is 1. The molecule has 1 unspecified atom stereocenters. The largest absolute Gasteiger partial charge is 0.487 e. The molecule has 0 saturated heterocycles. The first-order valence-corrected chi connectivity index (χ1v) is 7.38. The minimum atomic E-state index is -1.27. The highest BCUT2D eigenvalue weighted by molar-refractivity contribution is 9.10. The van der Waals surface area contributed by atoms with Crippen LogP contribution in [0.5, 0.6) is 5.75 Å². The van der Waals surface area contributed by atoms with Crippen LogP contribution in [0.15, 0.2) is 21.2 Å². The summed E-state index contributed by atoms with van der Waals surface area (Å²) in [5.41, 5.74) is 4.63. The molecule has 0 bridgehead atoms. The van der Waals surface area contributed by atoms with Crippen LogP contribution in [0.4, 0.5) is 8.78 Å². The summed E-state index contributed by atoms with van der Waals surface area (Å²) < 4.78 is 38.0. The SMILES string of the molecule is CCc1nc(C(O)COc2ccc(F)c(C(N)=O)c2F)oc1Br. The van der Waals surface area contributed by atoms with E-state index in [-0.39, 0.29) is 5.89 Å². The van der Waals surface area contributed by atoms with Crippen molar-refractivity contribution in [2.75, 3.05) is 6.61 Å². The van der Waals surface area contributed by atoms with Crippen molar-refractivity contribution in [3.63, 3.8) is 0 Å². The number of hydrogen-bond donors (Lipinski definition) is 2. The van der Waals surface area contributed by atoms with E-state index < -0.39 is 41.6 Å². The Hall–Kier alpha value is -2.00. The summed E-state index contributed by atoms with van der Waals surface area (Å²) in [4.78, 5) is 15.1. The molecule has 1 heterocycles. The van der Waals surface area contributed by atoms with Crippen LogP contribution in [0.25, 0.3) is 0 Å². The second-order valence-corrected chi connectivity index (χ2v) is 5.27. The molecule has 0 saturated carbocycles. The van der Waals surface area contributed by atoms with E-state index in [1.165, 1.54) is 0 Å². The van der Waals surface area contributed by atoms with Crippen molar-refractivity contribution in [2.45, 2.75) is 19.4 Å². The molecule has 2 rings (SSSR count). The monoisotopic (exact) mass is 390 g/mol. The molecule has 0 aliphatic rings. The predicted molar refractivity (Wildman–Crippen MR) is 78.9 cm³/mol. The Labute approximate surface area is 138 Å². The van der Waals surface area contributed by atoms with Crippen molar-refractivity contribution in [2.24, 2.45) is 5.73 Å². The van der Waals surface area contributed by atoms with Crippen molar-refractivity contribution in [3.8, 4) is 5.75 Å². The van der Waals surface area contributed by atoms with E-state index in [9.17, 15) is 18.7 Å². The van der Waals surface area contributed by atoms with E-state index in [2.05, 4.69) is 20.9 Å². The van der Waals surface area contributed by atoms with Crippen LogP contribution < -0.4 is 10.5 Å². The number of aliphatic hydroxyl groups is 1. The fraction of sp³-hybridized carbons (Fsp3) is 0.286. The number of aliphatic hydroxyl groups excluding tert-OH is 1. The fourth-order valence-corrected chi connectivity index (χ4v) is 2.36. The number of aromatic nitrogens is 1. The molecule has 3 N–H and O–H groups in total.